The number of nitrogens with one attached hydrogen (secondary N) is 2. The van der Waals surface area contributed by atoms with Crippen molar-refractivity contribution in [3.05, 3.63) is 63.4 Å². The van der Waals surface area contributed by atoms with Gasteiger partial charge in [-0.1, -0.05) is 22.8 Å². The van der Waals surface area contributed by atoms with Crippen LogP contribution >= 0.6 is 11.6 Å². The Bertz CT molecular complexity index is 1060. The van der Waals surface area contributed by atoms with Crippen LogP contribution in [-0.4, -0.2) is 47.1 Å². The van der Waals surface area contributed by atoms with Crippen molar-refractivity contribution >= 4 is 28.8 Å². The first-order valence-electron chi connectivity index (χ1n) is 9.26. The number of rotatable bonds is 4. The minimum atomic E-state index is -1.11. The number of hydrogen-bond acceptors (Lipinski definition) is 5. The molecular formula is C20H18ClF3N4O2. The Morgan fingerprint density at radius 2 is 1.97 bits per heavy atom. The van der Waals surface area contributed by atoms with Crippen molar-refractivity contribution in [1.82, 2.24) is 5.32 Å². The van der Waals surface area contributed by atoms with Gasteiger partial charge in [0, 0.05) is 31.5 Å². The van der Waals surface area contributed by atoms with E-state index in [4.69, 9.17) is 11.6 Å². The van der Waals surface area contributed by atoms with E-state index >= 15 is 0 Å². The molecule has 0 amide bonds. The number of halogens is 4. The molecule has 0 radical (unpaired) electrons. The fourth-order valence-electron chi connectivity index (χ4n) is 3.68. The summed E-state index contributed by atoms with van der Waals surface area (Å²) < 4.78 is 42.1. The number of aliphatic hydroxyl groups is 1. The Kier molecular flexibility index (Phi) is 5.68. The molecule has 1 fully saturated rings. The Labute approximate surface area is 175 Å². The number of oxime groups is 1. The average Bonchev–Trinajstić information content (AvgIpc) is 3.32. The number of β-amino-alcohol motifs (C(OH)–C–C–N with tert-alkyl or cyclic N) is 1. The zero-order chi connectivity index (χ0) is 21.4. The first-order chi connectivity index (χ1) is 14.4. The van der Waals surface area contributed by atoms with Crippen LogP contribution in [0, 0.1) is 17.5 Å². The summed E-state index contributed by atoms with van der Waals surface area (Å²) in [4.78, 5) is 4.42. The van der Waals surface area contributed by atoms with E-state index in [0.717, 1.165) is 6.07 Å². The number of nitrogens with zero attached hydrogens (tertiary/aromatic N) is 2. The Morgan fingerprint density at radius 3 is 2.63 bits per heavy atom. The van der Waals surface area contributed by atoms with Crippen LogP contribution in [0.3, 0.4) is 0 Å². The fourth-order valence-corrected chi connectivity index (χ4v) is 3.88. The number of benzene rings is 2. The molecule has 6 nitrogen and oxygen atoms in total. The van der Waals surface area contributed by atoms with E-state index in [1.165, 1.54) is 18.2 Å². The van der Waals surface area contributed by atoms with E-state index in [1.54, 1.807) is 0 Å². The number of amidine groups is 1. The van der Waals surface area contributed by atoms with Gasteiger partial charge in [0.05, 0.1) is 28.6 Å². The van der Waals surface area contributed by atoms with Crippen molar-refractivity contribution in [1.29, 1.82) is 0 Å². The molecule has 2 aliphatic heterocycles. The molecule has 0 saturated carbocycles. The molecular weight excluding hydrogens is 421 g/mol. The quantitative estimate of drug-likeness (QED) is 0.336. The molecule has 2 aromatic rings. The van der Waals surface area contributed by atoms with Gasteiger partial charge in [0.1, 0.15) is 11.7 Å². The Balaban J connectivity index is 1.68. The molecule has 2 aliphatic rings. The van der Waals surface area contributed by atoms with E-state index in [2.05, 4.69) is 20.8 Å². The molecule has 4 rings (SSSR count). The first kappa shape index (κ1) is 20.6. The molecule has 2 aromatic carbocycles. The molecule has 2 heterocycles. The summed E-state index contributed by atoms with van der Waals surface area (Å²) in [6, 6.07) is 4.58. The number of aliphatic imine (C=N–C) groups is 1. The first-order valence-corrected chi connectivity index (χ1v) is 9.63. The molecule has 0 aromatic heterocycles. The third-order valence-electron chi connectivity index (χ3n) is 5.20. The third kappa shape index (κ3) is 3.88. The van der Waals surface area contributed by atoms with Crippen molar-refractivity contribution in [2.45, 2.75) is 25.0 Å². The highest BCUT2D eigenvalue weighted by atomic mass is 35.5. The van der Waals surface area contributed by atoms with Gasteiger partial charge < -0.3 is 20.9 Å². The van der Waals surface area contributed by atoms with E-state index < -0.39 is 29.6 Å². The SMILES string of the molecule is O/N=C(\Cc1ccc(F)c(Cl)c1)c1cc(F)c(F)c2c1CC(=N[C@@H]1CNC[C@@H]1O)N2. The number of aliphatic hydroxyl groups excluding tert-OH is 1. The predicted molar refractivity (Wildman–Crippen MR) is 107 cm³/mol. The Morgan fingerprint density at radius 1 is 1.17 bits per heavy atom. The van der Waals surface area contributed by atoms with Crippen molar-refractivity contribution < 1.29 is 23.5 Å². The molecule has 0 unspecified atom stereocenters. The minimum absolute atomic E-state index is 0.0196. The smallest absolute Gasteiger partial charge is 0.182 e. The highest BCUT2D eigenvalue weighted by Gasteiger charge is 2.31. The standard InChI is InChI=1S/C20H18ClF3N4O2/c21-12-3-9(1-2-13(12)22)4-15(28-30)10-5-14(23)19(24)20-11(10)6-18(27-20)26-16-7-25-8-17(16)29/h1-3,5,16-17,25,29-30H,4,6-8H2,(H,26,27)/b28-15+/t16-,17+/m1/s1. The lowest BCUT2D eigenvalue weighted by Crippen LogP contribution is -2.24. The largest absolute Gasteiger partial charge is 0.411 e. The average molecular weight is 439 g/mol. The highest BCUT2D eigenvalue weighted by molar-refractivity contribution is 6.30. The van der Waals surface area contributed by atoms with Crippen molar-refractivity contribution in [2.75, 3.05) is 18.4 Å². The summed E-state index contributed by atoms with van der Waals surface area (Å²) in [6.45, 7) is 0.880. The summed E-state index contributed by atoms with van der Waals surface area (Å²) in [5.74, 6) is -2.39. The lowest BCUT2D eigenvalue weighted by Gasteiger charge is -2.11. The lowest BCUT2D eigenvalue weighted by molar-refractivity contribution is 0.179. The van der Waals surface area contributed by atoms with Gasteiger partial charge in [0.15, 0.2) is 11.6 Å². The van der Waals surface area contributed by atoms with Gasteiger partial charge in [0.2, 0.25) is 0 Å². The maximum absolute atomic E-state index is 14.4. The second kappa shape index (κ2) is 8.25. The molecule has 158 valence electrons. The number of fused-ring (bicyclic) bond motifs is 1. The van der Waals surface area contributed by atoms with Crippen LogP contribution in [0.1, 0.15) is 16.7 Å². The summed E-state index contributed by atoms with van der Waals surface area (Å²) in [7, 11) is 0. The van der Waals surface area contributed by atoms with Crippen molar-refractivity contribution in [3.63, 3.8) is 0 Å². The monoisotopic (exact) mass is 438 g/mol. The summed E-state index contributed by atoms with van der Waals surface area (Å²) in [6.07, 6.45) is -0.498. The second-order valence-electron chi connectivity index (χ2n) is 7.22. The van der Waals surface area contributed by atoms with Gasteiger partial charge in [0.25, 0.3) is 0 Å². The molecule has 1 saturated heterocycles. The third-order valence-corrected chi connectivity index (χ3v) is 5.49. The molecule has 0 aliphatic carbocycles. The molecule has 2 atom stereocenters. The van der Waals surface area contributed by atoms with Crippen LogP contribution in [0.4, 0.5) is 18.9 Å². The van der Waals surface area contributed by atoms with Gasteiger partial charge >= 0.3 is 0 Å². The van der Waals surface area contributed by atoms with Crippen LogP contribution in [-0.2, 0) is 12.8 Å². The van der Waals surface area contributed by atoms with E-state index in [1.807, 2.05) is 0 Å². The summed E-state index contributed by atoms with van der Waals surface area (Å²) in [5.41, 5.74) is 1.11. The number of hydrogen-bond donors (Lipinski definition) is 4. The van der Waals surface area contributed by atoms with Crippen LogP contribution in [0.15, 0.2) is 34.4 Å². The van der Waals surface area contributed by atoms with Gasteiger partial charge in [-0.15, -0.1) is 0 Å². The minimum Gasteiger partial charge on any atom is -0.411 e. The Hall–Kier alpha value is -2.62. The van der Waals surface area contributed by atoms with Crippen LogP contribution in [0.25, 0.3) is 0 Å². The van der Waals surface area contributed by atoms with Gasteiger partial charge in [-0.05, 0) is 29.3 Å². The van der Waals surface area contributed by atoms with Crippen LogP contribution in [0.2, 0.25) is 5.02 Å². The second-order valence-corrected chi connectivity index (χ2v) is 7.62. The summed E-state index contributed by atoms with van der Waals surface area (Å²) >= 11 is 5.80. The normalized spacial score (nSPS) is 22.4. The zero-order valence-corrected chi connectivity index (χ0v) is 16.3. The maximum atomic E-state index is 14.4. The molecule has 0 bridgehead atoms. The zero-order valence-electron chi connectivity index (χ0n) is 15.6. The van der Waals surface area contributed by atoms with Gasteiger partial charge in [-0.2, -0.15) is 0 Å². The van der Waals surface area contributed by atoms with Gasteiger partial charge in [-0.3, -0.25) is 4.99 Å². The van der Waals surface area contributed by atoms with Crippen molar-refractivity contribution in [3.8, 4) is 0 Å². The molecule has 4 N–H and O–H groups in total. The maximum Gasteiger partial charge on any atom is 0.182 e. The van der Waals surface area contributed by atoms with Crippen molar-refractivity contribution in [2.24, 2.45) is 10.1 Å². The number of anilines is 1. The molecule has 30 heavy (non-hydrogen) atoms. The topological polar surface area (TPSA) is 89.2 Å². The molecule has 10 heteroatoms. The lowest BCUT2D eigenvalue weighted by atomic mass is 9.95. The van der Waals surface area contributed by atoms with E-state index in [0.29, 0.717) is 30.1 Å². The molecule has 0 spiro atoms. The van der Waals surface area contributed by atoms with E-state index in [-0.39, 0.29) is 34.8 Å². The van der Waals surface area contributed by atoms with Crippen LogP contribution in [0.5, 0.6) is 0 Å². The highest BCUT2D eigenvalue weighted by Crippen LogP contribution is 2.33. The predicted octanol–water partition coefficient (Wildman–Crippen LogP) is 2.88. The van der Waals surface area contributed by atoms with Crippen LogP contribution < -0.4 is 10.6 Å². The van der Waals surface area contributed by atoms with Gasteiger partial charge in [-0.25, -0.2) is 13.2 Å². The van der Waals surface area contributed by atoms with E-state index in [9.17, 15) is 23.5 Å². The fraction of sp³-hybridized carbons (Fsp3) is 0.300. The summed E-state index contributed by atoms with van der Waals surface area (Å²) in [5, 5.41) is 28.4.